The standard InChI is InChI=1S/C19H23NO5S/c1-15-9-7-8-12-18(15)26(22,23)20(14-19(24-2)25-3)13-17(21)16-10-5-4-6-11-16/h4-12,19H,13-14H2,1-3H3. The number of aryl methyl sites for hydroxylation is 1. The van der Waals surface area contributed by atoms with Crippen LogP contribution in [0.5, 0.6) is 0 Å². The first-order valence-electron chi connectivity index (χ1n) is 8.09. The van der Waals surface area contributed by atoms with Crippen molar-refractivity contribution in [1.29, 1.82) is 0 Å². The molecule has 0 amide bonds. The Kier molecular flexibility index (Phi) is 7.05. The summed E-state index contributed by atoms with van der Waals surface area (Å²) in [4.78, 5) is 12.7. The van der Waals surface area contributed by atoms with Gasteiger partial charge in [-0.1, -0.05) is 48.5 Å². The van der Waals surface area contributed by atoms with E-state index in [2.05, 4.69) is 0 Å². The Labute approximate surface area is 154 Å². The van der Waals surface area contributed by atoms with Gasteiger partial charge < -0.3 is 9.47 Å². The molecular weight excluding hydrogens is 354 g/mol. The van der Waals surface area contributed by atoms with Crippen LogP contribution in [0.3, 0.4) is 0 Å². The maximum atomic E-state index is 13.1. The molecule has 7 heteroatoms. The number of ketones is 1. The summed E-state index contributed by atoms with van der Waals surface area (Å²) < 4.78 is 37.7. The zero-order chi connectivity index (χ0) is 19.2. The summed E-state index contributed by atoms with van der Waals surface area (Å²) >= 11 is 0. The van der Waals surface area contributed by atoms with Gasteiger partial charge in [-0.05, 0) is 18.6 Å². The first-order chi connectivity index (χ1) is 12.4. The second-order valence-electron chi connectivity index (χ2n) is 5.75. The first-order valence-corrected chi connectivity index (χ1v) is 9.53. The molecule has 0 fully saturated rings. The van der Waals surface area contributed by atoms with Crippen molar-refractivity contribution in [2.75, 3.05) is 27.3 Å². The van der Waals surface area contributed by atoms with Crippen LogP contribution < -0.4 is 0 Å². The van der Waals surface area contributed by atoms with E-state index in [9.17, 15) is 13.2 Å². The summed E-state index contributed by atoms with van der Waals surface area (Å²) in [5.74, 6) is -0.297. The van der Waals surface area contributed by atoms with Crippen LogP contribution in [-0.2, 0) is 19.5 Å². The maximum absolute atomic E-state index is 13.1. The van der Waals surface area contributed by atoms with Crippen LogP contribution in [0, 0.1) is 6.92 Å². The van der Waals surface area contributed by atoms with E-state index < -0.39 is 16.3 Å². The number of hydrogen-bond donors (Lipinski definition) is 0. The Morgan fingerprint density at radius 3 is 2.15 bits per heavy atom. The predicted molar refractivity (Wildman–Crippen MR) is 98.5 cm³/mol. The van der Waals surface area contributed by atoms with Crippen molar-refractivity contribution in [3.8, 4) is 0 Å². The van der Waals surface area contributed by atoms with Gasteiger partial charge in [-0.25, -0.2) is 8.42 Å². The Morgan fingerprint density at radius 1 is 1.00 bits per heavy atom. The molecule has 2 aromatic carbocycles. The molecule has 0 N–H and O–H groups in total. The van der Waals surface area contributed by atoms with E-state index in [1.165, 1.54) is 20.3 Å². The molecular formula is C19H23NO5S. The second kappa shape index (κ2) is 9.05. The molecule has 26 heavy (non-hydrogen) atoms. The van der Waals surface area contributed by atoms with E-state index in [1.807, 2.05) is 0 Å². The molecule has 0 saturated carbocycles. The Morgan fingerprint density at radius 2 is 1.58 bits per heavy atom. The number of rotatable bonds is 9. The fraction of sp³-hybridized carbons (Fsp3) is 0.316. The number of methoxy groups -OCH3 is 2. The van der Waals surface area contributed by atoms with Crippen molar-refractivity contribution in [2.24, 2.45) is 0 Å². The van der Waals surface area contributed by atoms with Gasteiger partial charge in [-0.15, -0.1) is 0 Å². The lowest BCUT2D eigenvalue weighted by molar-refractivity contribution is -0.107. The van der Waals surface area contributed by atoms with E-state index in [4.69, 9.17) is 9.47 Å². The molecule has 0 atom stereocenters. The number of nitrogens with zero attached hydrogens (tertiary/aromatic N) is 1. The van der Waals surface area contributed by atoms with Crippen LogP contribution in [0.1, 0.15) is 15.9 Å². The highest BCUT2D eigenvalue weighted by molar-refractivity contribution is 7.89. The van der Waals surface area contributed by atoms with E-state index in [1.54, 1.807) is 55.5 Å². The topological polar surface area (TPSA) is 72.9 Å². The van der Waals surface area contributed by atoms with Gasteiger partial charge >= 0.3 is 0 Å². The molecule has 0 saturated heterocycles. The van der Waals surface area contributed by atoms with Gasteiger partial charge in [0, 0.05) is 19.8 Å². The highest BCUT2D eigenvalue weighted by Crippen LogP contribution is 2.21. The summed E-state index contributed by atoms with van der Waals surface area (Å²) in [7, 11) is -1.05. The third-order valence-electron chi connectivity index (χ3n) is 4.01. The minimum absolute atomic E-state index is 0.0950. The summed E-state index contributed by atoms with van der Waals surface area (Å²) in [5, 5.41) is 0. The molecule has 0 aliphatic heterocycles. The van der Waals surface area contributed by atoms with Gasteiger partial charge in [0.1, 0.15) is 0 Å². The van der Waals surface area contributed by atoms with Crippen molar-refractivity contribution in [1.82, 2.24) is 4.31 Å². The molecule has 0 heterocycles. The summed E-state index contributed by atoms with van der Waals surface area (Å²) in [6.45, 7) is 1.32. The Balaban J connectivity index is 2.37. The molecule has 6 nitrogen and oxygen atoms in total. The lowest BCUT2D eigenvalue weighted by Crippen LogP contribution is -2.42. The molecule has 2 aromatic rings. The smallest absolute Gasteiger partial charge is 0.243 e. The largest absolute Gasteiger partial charge is 0.354 e. The Hall–Kier alpha value is -2.06. The zero-order valence-corrected chi connectivity index (χ0v) is 15.9. The van der Waals surface area contributed by atoms with Crippen molar-refractivity contribution >= 4 is 15.8 Å². The molecule has 0 aliphatic carbocycles. The monoisotopic (exact) mass is 377 g/mol. The first kappa shape index (κ1) is 20.3. The Bertz CT molecular complexity index is 832. The molecule has 0 aliphatic rings. The normalized spacial score (nSPS) is 11.9. The van der Waals surface area contributed by atoms with Crippen LogP contribution in [-0.4, -0.2) is 52.1 Å². The fourth-order valence-corrected chi connectivity index (χ4v) is 4.13. The summed E-state index contributed by atoms with van der Waals surface area (Å²) in [6, 6.07) is 15.2. The molecule has 0 spiro atoms. The van der Waals surface area contributed by atoms with Gasteiger partial charge in [-0.3, -0.25) is 4.79 Å². The van der Waals surface area contributed by atoms with Crippen LogP contribution in [0.25, 0.3) is 0 Å². The van der Waals surface area contributed by atoms with E-state index in [-0.39, 0.29) is 23.8 Å². The van der Waals surface area contributed by atoms with Crippen LogP contribution in [0.15, 0.2) is 59.5 Å². The number of carbonyl (C=O) groups is 1. The molecule has 140 valence electrons. The van der Waals surface area contributed by atoms with E-state index in [0.29, 0.717) is 11.1 Å². The van der Waals surface area contributed by atoms with Gasteiger partial charge in [0.2, 0.25) is 10.0 Å². The molecule has 2 rings (SSSR count). The zero-order valence-electron chi connectivity index (χ0n) is 15.1. The van der Waals surface area contributed by atoms with Gasteiger partial charge in [-0.2, -0.15) is 4.31 Å². The van der Waals surface area contributed by atoms with Crippen LogP contribution in [0.2, 0.25) is 0 Å². The average Bonchev–Trinajstić information content (AvgIpc) is 2.65. The minimum atomic E-state index is -3.90. The quantitative estimate of drug-likeness (QED) is 0.496. The van der Waals surface area contributed by atoms with E-state index >= 15 is 0 Å². The number of benzene rings is 2. The SMILES string of the molecule is COC(CN(CC(=O)c1ccccc1)S(=O)(=O)c1ccccc1C)OC. The number of Topliss-reactive ketones (excluding diaryl/α,β-unsaturated/α-hetero) is 1. The van der Waals surface area contributed by atoms with Crippen molar-refractivity contribution in [3.63, 3.8) is 0 Å². The molecule has 0 radical (unpaired) electrons. The van der Waals surface area contributed by atoms with Gasteiger partial charge in [0.25, 0.3) is 0 Å². The number of sulfonamides is 1. The van der Waals surface area contributed by atoms with Crippen molar-refractivity contribution < 1.29 is 22.7 Å². The molecule has 0 aromatic heterocycles. The number of ether oxygens (including phenoxy) is 2. The van der Waals surface area contributed by atoms with Crippen molar-refractivity contribution in [3.05, 3.63) is 65.7 Å². The number of hydrogen-bond acceptors (Lipinski definition) is 5. The minimum Gasteiger partial charge on any atom is -0.354 e. The predicted octanol–water partition coefficient (Wildman–Crippen LogP) is 2.49. The molecule has 0 bridgehead atoms. The highest BCUT2D eigenvalue weighted by atomic mass is 32.2. The van der Waals surface area contributed by atoms with Gasteiger partial charge in [0.05, 0.1) is 18.0 Å². The average molecular weight is 377 g/mol. The highest BCUT2D eigenvalue weighted by Gasteiger charge is 2.30. The summed E-state index contributed by atoms with van der Waals surface area (Å²) in [5.41, 5.74) is 1.06. The summed E-state index contributed by atoms with van der Waals surface area (Å²) in [6.07, 6.45) is -0.780. The third kappa shape index (κ3) is 4.76. The fourth-order valence-electron chi connectivity index (χ4n) is 2.52. The maximum Gasteiger partial charge on any atom is 0.243 e. The molecule has 0 unspecified atom stereocenters. The van der Waals surface area contributed by atoms with Gasteiger partial charge in [0.15, 0.2) is 12.1 Å². The van der Waals surface area contributed by atoms with Crippen LogP contribution >= 0.6 is 0 Å². The lowest BCUT2D eigenvalue weighted by Gasteiger charge is -2.25. The van der Waals surface area contributed by atoms with Crippen LogP contribution in [0.4, 0.5) is 0 Å². The third-order valence-corrected chi connectivity index (χ3v) is 5.98. The van der Waals surface area contributed by atoms with E-state index in [0.717, 1.165) is 4.31 Å². The lowest BCUT2D eigenvalue weighted by atomic mass is 10.1. The number of carbonyl (C=O) groups excluding carboxylic acids is 1. The van der Waals surface area contributed by atoms with Crippen molar-refractivity contribution in [2.45, 2.75) is 18.1 Å². The second-order valence-corrected chi connectivity index (χ2v) is 7.66.